The molecule has 120 valence electrons. The Balaban J connectivity index is 2.29. The van der Waals surface area contributed by atoms with E-state index >= 15 is 0 Å². The molecule has 0 aliphatic carbocycles. The second-order valence-electron chi connectivity index (χ2n) is 5.14. The van der Waals surface area contributed by atoms with Gasteiger partial charge in [0.1, 0.15) is 5.75 Å². The maximum atomic E-state index is 12.8. The van der Waals surface area contributed by atoms with Crippen molar-refractivity contribution in [2.24, 2.45) is 0 Å². The average molecular weight is 329 g/mol. The average Bonchev–Trinajstić information content (AvgIpc) is 2.55. The van der Waals surface area contributed by atoms with Crippen molar-refractivity contribution < 1.29 is 13.2 Å². The molecule has 2 aromatic rings. The second-order valence-corrected chi connectivity index (χ2v) is 7.08. The number of benzene rings is 2. The minimum absolute atomic E-state index is 0.0161. The third kappa shape index (κ3) is 4.13. The standard InChI is InChI=1S/C18H19NO3S/c1-4-13-19(14-16-7-9-17(22-3)10-8-16)23(20,21)18-11-5-15(2)6-12-18/h1,5-12H,13-14H2,2-3H3. The SMILES string of the molecule is C#CCN(Cc1ccc(OC)cc1)S(=O)(=O)c1ccc(C)cc1. The van der Waals surface area contributed by atoms with Crippen molar-refractivity contribution in [1.82, 2.24) is 4.31 Å². The first-order valence-electron chi connectivity index (χ1n) is 7.10. The highest BCUT2D eigenvalue weighted by molar-refractivity contribution is 7.89. The number of methoxy groups -OCH3 is 1. The molecule has 0 heterocycles. The maximum absolute atomic E-state index is 12.8. The number of nitrogens with zero attached hydrogens (tertiary/aromatic N) is 1. The van der Waals surface area contributed by atoms with Crippen LogP contribution in [0.5, 0.6) is 5.75 Å². The van der Waals surface area contributed by atoms with Gasteiger partial charge >= 0.3 is 0 Å². The maximum Gasteiger partial charge on any atom is 0.244 e. The van der Waals surface area contributed by atoms with E-state index in [0.29, 0.717) is 0 Å². The molecule has 0 unspecified atom stereocenters. The molecule has 0 amide bonds. The van der Waals surface area contributed by atoms with Gasteiger partial charge in [-0.25, -0.2) is 8.42 Å². The minimum atomic E-state index is -3.63. The quantitative estimate of drug-likeness (QED) is 0.766. The lowest BCUT2D eigenvalue weighted by Crippen LogP contribution is -2.31. The fourth-order valence-electron chi connectivity index (χ4n) is 2.12. The largest absolute Gasteiger partial charge is 0.497 e. The van der Waals surface area contributed by atoms with E-state index in [4.69, 9.17) is 11.2 Å². The van der Waals surface area contributed by atoms with E-state index < -0.39 is 10.0 Å². The number of hydrogen-bond donors (Lipinski definition) is 0. The number of rotatable bonds is 6. The Hall–Kier alpha value is -2.29. The van der Waals surface area contributed by atoms with E-state index in [0.717, 1.165) is 16.9 Å². The van der Waals surface area contributed by atoms with E-state index in [2.05, 4.69) is 5.92 Å². The third-order valence-electron chi connectivity index (χ3n) is 3.44. The summed E-state index contributed by atoms with van der Waals surface area (Å²) < 4.78 is 31.9. The van der Waals surface area contributed by atoms with Crippen molar-refractivity contribution in [2.75, 3.05) is 13.7 Å². The minimum Gasteiger partial charge on any atom is -0.497 e. The molecule has 23 heavy (non-hydrogen) atoms. The zero-order valence-electron chi connectivity index (χ0n) is 13.2. The van der Waals surface area contributed by atoms with Crippen LogP contribution in [0.4, 0.5) is 0 Å². The fraction of sp³-hybridized carbons (Fsp3) is 0.222. The topological polar surface area (TPSA) is 46.6 Å². The number of terminal acetylenes is 1. The summed E-state index contributed by atoms with van der Waals surface area (Å²) in [5.74, 6) is 3.14. The normalized spacial score (nSPS) is 11.2. The van der Waals surface area contributed by atoms with Crippen LogP contribution in [0.25, 0.3) is 0 Å². The molecule has 5 heteroatoms. The first-order chi connectivity index (χ1) is 11.0. The third-order valence-corrected chi connectivity index (χ3v) is 5.25. The van der Waals surface area contributed by atoms with Gasteiger partial charge in [0.2, 0.25) is 10.0 Å². The van der Waals surface area contributed by atoms with E-state index in [9.17, 15) is 8.42 Å². The van der Waals surface area contributed by atoms with Gasteiger partial charge in [0, 0.05) is 6.54 Å². The van der Waals surface area contributed by atoms with Crippen molar-refractivity contribution in [3.8, 4) is 18.1 Å². The summed E-state index contributed by atoms with van der Waals surface area (Å²) >= 11 is 0. The van der Waals surface area contributed by atoms with Crippen molar-refractivity contribution >= 4 is 10.0 Å². The van der Waals surface area contributed by atoms with Gasteiger partial charge in [-0.2, -0.15) is 4.31 Å². The second kappa shape index (κ2) is 7.32. The molecule has 0 radical (unpaired) electrons. The molecule has 2 rings (SSSR count). The van der Waals surface area contributed by atoms with Crippen molar-refractivity contribution in [1.29, 1.82) is 0 Å². The van der Waals surface area contributed by atoms with E-state index in [1.54, 1.807) is 43.5 Å². The lowest BCUT2D eigenvalue weighted by atomic mass is 10.2. The molecule has 0 saturated heterocycles. The molecule has 0 atom stereocenters. The molecule has 0 aliphatic heterocycles. The summed E-state index contributed by atoms with van der Waals surface area (Å²) in [6.07, 6.45) is 5.35. The lowest BCUT2D eigenvalue weighted by molar-refractivity contribution is 0.413. The van der Waals surface area contributed by atoms with Crippen LogP contribution in [-0.2, 0) is 16.6 Å². The van der Waals surface area contributed by atoms with Crippen LogP contribution in [-0.4, -0.2) is 26.4 Å². The molecule has 0 saturated carbocycles. The van der Waals surface area contributed by atoms with Crippen LogP contribution in [0.15, 0.2) is 53.4 Å². The monoisotopic (exact) mass is 329 g/mol. The molecule has 0 N–H and O–H groups in total. The zero-order valence-corrected chi connectivity index (χ0v) is 14.0. The Bertz CT molecular complexity index is 788. The summed E-state index contributed by atoms with van der Waals surface area (Å²) in [7, 11) is -2.05. The highest BCUT2D eigenvalue weighted by atomic mass is 32.2. The lowest BCUT2D eigenvalue weighted by Gasteiger charge is -2.20. The number of ether oxygens (including phenoxy) is 1. The molecule has 0 aromatic heterocycles. The molecule has 4 nitrogen and oxygen atoms in total. The van der Waals surface area contributed by atoms with Gasteiger partial charge in [-0.05, 0) is 36.8 Å². The van der Waals surface area contributed by atoms with Crippen molar-refractivity contribution in [3.05, 3.63) is 59.7 Å². The predicted octanol–water partition coefficient (Wildman–Crippen LogP) is 2.83. The van der Waals surface area contributed by atoms with Gasteiger partial charge < -0.3 is 4.74 Å². The van der Waals surface area contributed by atoms with Gasteiger partial charge in [-0.15, -0.1) is 6.42 Å². The Morgan fingerprint density at radius 3 is 2.22 bits per heavy atom. The predicted molar refractivity (Wildman–Crippen MR) is 90.6 cm³/mol. The van der Waals surface area contributed by atoms with E-state index in [-0.39, 0.29) is 18.0 Å². The number of hydrogen-bond acceptors (Lipinski definition) is 3. The molecular formula is C18H19NO3S. The molecule has 0 fully saturated rings. The Morgan fingerprint density at radius 1 is 1.09 bits per heavy atom. The highest BCUT2D eigenvalue weighted by Gasteiger charge is 2.23. The molecule has 0 bridgehead atoms. The van der Waals surface area contributed by atoms with Crippen molar-refractivity contribution in [3.63, 3.8) is 0 Å². The number of sulfonamides is 1. The van der Waals surface area contributed by atoms with Gasteiger partial charge in [0.15, 0.2) is 0 Å². The van der Waals surface area contributed by atoms with Crippen LogP contribution in [0.1, 0.15) is 11.1 Å². The van der Waals surface area contributed by atoms with Gasteiger partial charge in [-0.3, -0.25) is 0 Å². The fourth-order valence-corrected chi connectivity index (χ4v) is 3.46. The first kappa shape index (κ1) is 17.1. The van der Waals surface area contributed by atoms with Crippen LogP contribution >= 0.6 is 0 Å². The van der Waals surface area contributed by atoms with Crippen LogP contribution in [0.2, 0.25) is 0 Å². The number of aryl methyl sites for hydroxylation is 1. The molecule has 2 aromatic carbocycles. The molecule has 0 spiro atoms. The van der Waals surface area contributed by atoms with Gasteiger partial charge in [0.25, 0.3) is 0 Å². The van der Waals surface area contributed by atoms with Crippen LogP contribution in [0, 0.1) is 19.3 Å². The highest BCUT2D eigenvalue weighted by Crippen LogP contribution is 2.20. The van der Waals surface area contributed by atoms with Gasteiger partial charge in [0.05, 0.1) is 18.6 Å². The van der Waals surface area contributed by atoms with Crippen LogP contribution < -0.4 is 4.74 Å². The zero-order chi connectivity index (χ0) is 16.9. The summed E-state index contributed by atoms with van der Waals surface area (Å²) in [4.78, 5) is 0.242. The summed E-state index contributed by atoms with van der Waals surface area (Å²) in [6, 6.07) is 14.0. The first-order valence-corrected chi connectivity index (χ1v) is 8.54. The Morgan fingerprint density at radius 2 is 1.70 bits per heavy atom. The summed E-state index contributed by atoms with van der Waals surface area (Å²) in [6.45, 7) is 2.14. The Labute approximate surface area is 137 Å². The summed E-state index contributed by atoms with van der Waals surface area (Å²) in [5.41, 5.74) is 1.85. The van der Waals surface area contributed by atoms with Crippen LogP contribution in [0.3, 0.4) is 0 Å². The van der Waals surface area contributed by atoms with Crippen molar-refractivity contribution in [2.45, 2.75) is 18.4 Å². The van der Waals surface area contributed by atoms with Gasteiger partial charge in [-0.1, -0.05) is 35.7 Å². The smallest absolute Gasteiger partial charge is 0.244 e. The molecule has 0 aliphatic rings. The van der Waals surface area contributed by atoms with E-state index in [1.807, 2.05) is 19.1 Å². The Kier molecular flexibility index (Phi) is 5.43. The molecular weight excluding hydrogens is 310 g/mol. The van der Waals surface area contributed by atoms with E-state index in [1.165, 1.54) is 4.31 Å². The summed E-state index contributed by atoms with van der Waals surface area (Å²) in [5, 5.41) is 0.